The minimum atomic E-state index is 0.144. The number of rotatable bonds is 1. The van der Waals surface area contributed by atoms with Crippen LogP contribution in [0.25, 0.3) is 0 Å². The Labute approximate surface area is 71.3 Å². The second kappa shape index (κ2) is 3.20. The van der Waals surface area contributed by atoms with E-state index in [0.717, 1.165) is 0 Å². The number of benzene rings is 1. The van der Waals surface area contributed by atoms with E-state index in [2.05, 4.69) is 53.1 Å². The fraction of sp³-hybridized carbons (Fsp3) is 0.250. The van der Waals surface area contributed by atoms with Crippen molar-refractivity contribution in [2.75, 3.05) is 0 Å². The Bertz CT molecular complexity index is 250. The normalized spacial score (nSPS) is 18.4. The standard InChI is InChI=1S/C8H12N4/c1-6-2-4-7(5-3-6)8-9-11-12-10-8/h2-5,8-12H,1H3. The lowest BCUT2D eigenvalue weighted by molar-refractivity contribution is 0.554. The van der Waals surface area contributed by atoms with E-state index in [-0.39, 0.29) is 6.17 Å². The van der Waals surface area contributed by atoms with E-state index in [0.29, 0.717) is 0 Å². The van der Waals surface area contributed by atoms with Gasteiger partial charge in [-0.3, -0.25) is 0 Å². The van der Waals surface area contributed by atoms with Gasteiger partial charge in [0, 0.05) is 0 Å². The van der Waals surface area contributed by atoms with Crippen molar-refractivity contribution in [2.24, 2.45) is 0 Å². The summed E-state index contributed by atoms with van der Waals surface area (Å²) in [6.07, 6.45) is 0.144. The minimum absolute atomic E-state index is 0.144. The average molecular weight is 164 g/mol. The Kier molecular flexibility index (Phi) is 2.05. The smallest absolute Gasteiger partial charge is 0.111 e. The third-order valence-electron chi connectivity index (χ3n) is 1.91. The molecular formula is C8H12N4. The van der Waals surface area contributed by atoms with Crippen LogP contribution in [-0.2, 0) is 0 Å². The third-order valence-corrected chi connectivity index (χ3v) is 1.91. The second-order valence-electron chi connectivity index (χ2n) is 2.88. The van der Waals surface area contributed by atoms with Gasteiger partial charge in [0.2, 0.25) is 0 Å². The predicted octanol–water partition coefficient (Wildman–Crippen LogP) is 0.111. The summed E-state index contributed by atoms with van der Waals surface area (Å²) in [5, 5.41) is 0. The highest BCUT2D eigenvalue weighted by Gasteiger charge is 2.13. The molecule has 1 fully saturated rings. The van der Waals surface area contributed by atoms with Crippen LogP contribution in [0.5, 0.6) is 0 Å². The molecule has 0 spiro atoms. The Hall–Kier alpha value is -0.940. The van der Waals surface area contributed by atoms with Gasteiger partial charge in [-0.25, -0.2) is 10.9 Å². The molecule has 0 aliphatic carbocycles. The highest BCUT2D eigenvalue weighted by atomic mass is 15.8. The lowest BCUT2D eigenvalue weighted by Gasteiger charge is -2.08. The van der Waals surface area contributed by atoms with Crippen molar-refractivity contribution in [3.63, 3.8) is 0 Å². The van der Waals surface area contributed by atoms with Crippen LogP contribution < -0.4 is 21.9 Å². The maximum atomic E-state index is 3.02. The average Bonchev–Trinajstić information content (AvgIpc) is 2.58. The molecule has 0 aromatic heterocycles. The molecule has 1 aromatic rings. The van der Waals surface area contributed by atoms with Crippen LogP contribution in [0, 0.1) is 6.92 Å². The van der Waals surface area contributed by atoms with Crippen LogP contribution in [-0.4, -0.2) is 0 Å². The summed E-state index contributed by atoms with van der Waals surface area (Å²) < 4.78 is 0. The minimum Gasteiger partial charge on any atom is -0.221 e. The number of nitrogens with one attached hydrogen (secondary N) is 4. The predicted molar refractivity (Wildman–Crippen MR) is 46.5 cm³/mol. The Balaban J connectivity index is 2.17. The van der Waals surface area contributed by atoms with Crippen LogP contribution >= 0.6 is 0 Å². The van der Waals surface area contributed by atoms with E-state index < -0.39 is 0 Å². The van der Waals surface area contributed by atoms with E-state index >= 15 is 0 Å². The van der Waals surface area contributed by atoms with Crippen LogP contribution in [0.15, 0.2) is 24.3 Å². The van der Waals surface area contributed by atoms with Gasteiger partial charge in [0.05, 0.1) is 0 Å². The van der Waals surface area contributed by atoms with Crippen LogP contribution in [0.4, 0.5) is 0 Å². The quantitative estimate of drug-likeness (QED) is 0.476. The van der Waals surface area contributed by atoms with Crippen molar-refractivity contribution in [3.8, 4) is 0 Å². The van der Waals surface area contributed by atoms with Crippen LogP contribution in [0.3, 0.4) is 0 Å². The van der Waals surface area contributed by atoms with Gasteiger partial charge in [-0.05, 0) is 12.5 Å². The molecule has 1 aliphatic heterocycles. The molecule has 4 N–H and O–H groups in total. The lowest BCUT2D eigenvalue weighted by atomic mass is 10.1. The number of aryl methyl sites for hydroxylation is 1. The highest BCUT2D eigenvalue weighted by molar-refractivity contribution is 5.23. The molecular weight excluding hydrogens is 152 g/mol. The van der Waals surface area contributed by atoms with Crippen molar-refractivity contribution < 1.29 is 0 Å². The Morgan fingerprint density at radius 3 is 2.17 bits per heavy atom. The van der Waals surface area contributed by atoms with Crippen LogP contribution in [0.1, 0.15) is 17.3 Å². The summed E-state index contributed by atoms with van der Waals surface area (Å²) in [5.74, 6) is 0. The van der Waals surface area contributed by atoms with Gasteiger partial charge in [0.1, 0.15) is 6.17 Å². The van der Waals surface area contributed by atoms with E-state index in [1.165, 1.54) is 11.1 Å². The van der Waals surface area contributed by atoms with E-state index in [9.17, 15) is 0 Å². The lowest BCUT2D eigenvalue weighted by Crippen LogP contribution is -2.33. The largest absolute Gasteiger partial charge is 0.221 e. The molecule has 0 unspecified atom stereocenters. The molecule has 0 saturated carbocycles. The van der Waals surface area contributed by atoms with Gasteiger partial charge in [-0.1, -0.05) is 29.8 Å². The van der Waals surface area contributed by atoms with Crippen molar-refractivity contribution >= 4 is 0 Å². The first kappa shape index (κ1) is 7.70. The molecule has 0 amide bonds. The summed E-state index contributed by atoms with van der Waals surface area (Å²) >= 11 is 0. The van der Waals surface area contributed by atoms with Gasteiger partial charge in [0.25, 0.3) is 0 Å². The molecule has 1 heterocycles. The summed E-state index contributed by atoms with van der Waals surface area (Å²) in [5.41, 5.74) is 14.1. The van der Waals surface area contributed by atoms with Crippen LogP contribution in [0.2, 0.25) is 0 Å². The van der Waals surface area contributed by atoms with Gasteiger partial charge < -0.3 is 0 Å². The van der Waals surface area contributed by atoms with Gasteiger partial charge >= 0.3 is 0 Å². The molecule has 0 radical (unpaired) electrons. The SMILES string of the molecule is Cc1ccc(C2NNNN2)cc1. The molecule has 12 heavy (non-hydrogen) atoms. The van der Waals surface area contributed by atoms with E-state index in [1.54, 1.807) is 0 Å². The van der Waals surface area contributed by atoms with Crippen molar-refractivity contribution in [1.82, 2.24) is 21.9 Å². The summed E-state index contributed by atoms with van der Waals surface area (Å²) in [6.45, 7) is 2.08. The summed E-state index contributed by atoms with van der Waals surface area (Å²) in [4.78, 5) is 0. The monoisotopic (exact) mass is 164 g/mol. The molecule has 64 valence electrons. The van der Waals surface area contributed by atoms with Gasteiger partial charge in [-0.2, -0.15) is 11.1 Å². The topological polar surface area (TPSA) is 48.1 Å². The van der Waals surface area contributed by atoms with E-state index in [4.69, 9.17) is 0 Å². The molecule has 4 nitrogen and oxygen atoms in total. The first-order valence-electron chi connectivity index (χ1n) is 3.94. The maximum Gasteiger partial charge on any atom is 0.111 e. The zero-order valence-corrected chi connectivity index (χ0v) is 6.89. The summed E-state index contributed by atoms with van der Waals surface area (Å²) in [6, 6.07) is 8.37. The Morgan fingerprint density at radius 2 is 1.58 bits per heavy atom. The maximum absolute atomic E-state index is 3.02. The molecule has 0 bridgehead atoms. The van der Waals surface area contributed by atoms with Crippen molar-refractivity contribution in [1.29, 1.82) is 0 Å². The van der Waals surface area contributed by atoms with Gasteiger partial charge in [-0.15, -0.1) is 0 Å². The molecule has 4 heteroatoms. The first-order chi connectivity index (χ1) is 5.86. The second-order valence-corrected chi connectivity index (χ2v) is 2.88. The molecule has 1 saturated heterocycles. The molecule has 1 aromatic carbocycles. The fourth-order valence-electron chi connectivity index (χ4n) is 1.18. The fourth-order valence-corrected chi connectivity index (χ4v) is 1.18. The zero-order valence-electron chi connectivity index (χ0n) is 6.89. The van der Waals surface area contributed by atoms with Crippen molar-refractivity contribution in [3.05, 3.63) is 35.4 Å². The number of hydrogen-bond donors (Lipinski definition) is 4. The third kappa shape index (κ3) is 1.46. The number of hydrazine groups is 3. The van der Waals surface area contributed by atoms with Gasteiger partial charge in [0.15, 0.2) is 0 Å². The Morgan fingerprint density at radius 1 is 1.00 bits per heavy atom. The first-order valence-corrected chi connectivity index (χ1v) is 3.94. The van der Waals surface area contributed by atoms with Crippen molar-refractivity contribution in [2.45, 2.75) is 13.1 Å². The molecule has 2 rings (SSSR count). The summed E-state index contributed by atoms with van der Waals surface area (Å²) in [7, 11) is 0. The van der Waals surface area contributed by atoms with E-state index in [1.807, 2.05) is 0 Å². The zero-order chi connectivity index (χ0) is 8.39. The number of hydrogen-bond acceptors (Lipinski definition) is 4. The highest BCUT2D eigenvalue weighted by Crippen LogP contribution is 2.10. The molecule has 1 aliphatic rings. The molecule has 0 atom stereocenters.